The molecule has 2 aromatic rings. The second-order valence-corrected chi connectivity index (χ2v) is 12.8. The maximum Gasteiger partial charge on any atom is 0.146 e. The molecule has 0 bridgehead atoms. The molecule has 0 unspecified atom stereocenters. The van der Waals surface area contributed by atoms with Crippen LogP contribution < -0.4 is 10.6 Å². The van der Waals surface area contributed by atoms with E-state index < -0.39 is 7.14 Å². The Bertz CT molecular complexity index is 685. The third-order valence-electron chi connectivity index (χ3n) is 5.48. The Hall–Kier alpha value is -0.630. The van der Waals surface area contributed by atoms with Gasteiger partial charge < -0.3 is 4.57 Å². The van der Waals surface area contributed by atoms with Crippen LogP contribution in [0.5, 0.6) is 0 Å². The van der Waals surface area contributed by atoms with E-state index in [1.54, 1.807) is 0 Å². The molecule has 0 amide bonds. The van der Waals surface area contributed by atoms with Crippen LogP contribution >= 0.6 is 30.7 Å². The fourth-order valence-corrected chi connectivity index (χ4v) is 11.6. The van der Waals surface area contributed by atoms with E-state index in [1.165, 1.54) is 30.8 Å². The third kappa shape index (κ3) is 3.48. The van der Waals surface area contributed by atoms with Crippen molar-refractivity contribution in [3.63, 3.8) is 0 Å². The summed E-state index contributed by atoms with van der Waals surface area (Å²) in [5, 5.41) is 2.09. The molecule has 2 fully saturated rings. The highest BCUT2D eigenvalue weighted by molar-refractivity contribution is 8.17. The van der Waals surface area contributed by atoms with E-state index in [1.807, 2.05) is 36.4 Å². The van der Waals surface area contributed by atoms with Crippen molar-refractivity contribution in [3.8, 4) is 0 Å². The van der Waals surface area contributed by atoms with Crippen LogP contribution in [-0.4, -0.2) is 21.7 Å². The smallest absolute Gasteiger partial charge is 0.146 e. The summed E-state index contributed by atoms with van der Waals surface area (Å²) < 4.78 is 15.3. The molecule has 1 saturated carbocycles. The van der Waals surface area contributed by atoms with Crippen LogP contribution in [0.4, 0.5) is 0 Å². The number of hydrogen-bond donors (Lipinski definition) is 0. The van der Waals surface area contributed by atoms with Crippen LogP contribution in [0.15, 0.2) is 60.7 Å². The first-order chi connectivity index (χ1) is 12.3. The minimum atomic E-state index is -2.62. The molecular formula is C21H25OPS2. The summed E-state index contributed by atoms with van der Waals surface area (Å²) in [6.07, 6.45) is 4.87. The van der Waals surface area contributed by atoms with Crippen LogP contribution in [0, 0.1) is 5.92 Å². The fourth-order valence-electron chi connectivity index (χ4n) is 4.32. The van der Waals surface area contributed by atoms with Gasteiger partial charge in [-0.05, 0) is 36.7 Å². The molecule has 4 rings (SSSR count). The Morgan fingerprint density at radius 1 is 0.760 bits per heavy atom. The summed E-state index contributed by atoms with van der Waals surface area (Å²) in [5.41, 5.74) is 0.292. The van der Waals surface area contributed by atoms with Gasteiger partial charge in [0.1, 0.15) is 7.14 Å². The van der Waals surface area contributed by atoms with Gasteiger partial charge in [0.05, 0.1) is 4.58 Å². The van der Waals surface area contributed by atoms with E-state index in [-0.39, 0.29) is 0 Å². The summed E-state index contributed by atoms with van der Waals surface area (Å²) in [6, 6.07) is 20.6. The standard InChI is InChI=1S/C21H25OPS2/c22-23(17-9-3-1-4-10-17,18-11-5-2-6-12-18)20-14-7-13-19(20)21-24-15-8-16-25-21/h1-6,9-12,19-21H,7-8,13-16H2/t19-,20-/m1/s1. The number of hydrogen-bond acceptors (Lipinski definition) is 3. The second kappa shape index (κ2) is 7.94. The van der Waals surface area contributed by atoms with Crippen LogP contribution in [0.1, 0.15) is 25.7 Å². The van der Waals surface area contributed by atoms with Crippen LogP contribution in [0.25, 0.3) is 0 Å². The van der Waals surface area contributed by atoms with Gasteiger partial charge in [0.25, 0.3) is 0 Å². The highest BCUT2D eigenvalue weighted by atomic mass is 32.2. The molecule has 2 aromatic carbocycles. The van der Waals surface area contributed by atoms with Crippen molar-refractivity contribution in [1.82, 2.24) is 0 Å². The second-order valence-electron chi connectivity index (χ2n) is 6.95. The average molecular weight is 389 g/mol. The Labute approximate surface area is 159 Å². The van der Waals surface area contributed by atoms with Gasteiger partial charge in [0, 0.05) is 16.3 Å². The minimum Gasteiger partial charge on any atom is -0.313 e. The predicted octanol–water partition coefficient (Wildman–Crippen LogP) is 5.37. The molecule has 4 heteroatoms. The zero-order valence-electron chi connectivity index (χ0n) is 14.4. The average Bonchev–Trinajstić information content (AvgIpc) is 3.20. The molecule has 0 radical (unpaired) electrons. The van der Waals surface area contributed by atoms with Crippen LogP contribution in [0.2, 0.25) is 0 Å². The molecule has 1 aliphatic carbocycles. The largest absolute Gasteiger partial charge is 0.313 e. The van der Waals surface area contributed by atoms with E-state index in [0.717, 1.165) is 17.0 Å². The van der Waals surface area contributed by atoms with Gasteiger partial charge in [-0.3, -0.25) is 0 Å². The van der Waals surface area contributed by atoms with Crippen molar-refractivity contribution in [2.45, 2.75) is 35.9 Å². The Kier molecular flexibility index (Phi) is 5.65. The molecule has 0 spiro atoms. The van der Waals surface area contributed by atoms with Gasteiger partial charge in [-0.1, -0.05) is 67.1 Å². The maximum atomic E-state index is 14.7. The Morgan fingerprint density at radius 2 is 1.32 bits per heavy atom. The summed E-state index contributed by atoms with van der Waals surface area (Å²) in [7, 11) is -2.62. The predicted molar refractivity (Wildman–Crippen MR) is 114 cm³/mol. The molecule has 2 aliphatic rings. The topological polar surface area (TPSA) is 17.1 Å². The maximum absolute atomic E-state index is 14.7. The van der Waals surface area contributed by atoms with E-state index >= 15 is 0 Å². The number of benzene rings is 2. The van der Waals surface area contributed by atoms with Crippen LogP contribution in [-0.2, 0) is 4.57 Å². The lowest BCUT2D eigenvalue weighted by Gasteiger charge is -2.35. The van der Waals surface area contributed by atoms with Crippen molar-refractivity contribution in [3.05, 3.63) is 60.7 Å². The van der Waals surface area contributed by atoms with E-state index in [2.05, 4.69) is 47.8 Å². The molecular weight excluding hydrogens is 363 g/mol. The van der Waals surface area contributed by atoms with E-state index in [4.69, 9.17) is 0 Å². The van der Waals surface area contributed by atoms with Crippen molar-refractivity contribution < 1.29 is 4.57 Å². The lowest BCUT2D eigenvalue weighted by atomic mass is 10.1. The summed E-state index contributed by atoms with van der Waals surface area (Å²) in [5.74, 6) is 3.10. The van der Waals surface area contributed by atoms with Crippen molar-refractivity contribution >= 4 is 41.3 Å². The van der Waals surface area contributed by atoms with E-state index in [0.29, 0.717) is 16.2 Å². The molecule has 1 nitrogen and oxygen atoms in total. The lowest BCUT2D eigenvalue weighted by molar-refractivity contribution is 0.547. The number of rotatable bonds is 4. The summed E-state index contributed by atoms with van der Waals surface area (Å²) >= 11 is 4.23. The molecule has 0 N–H and O–H groups in total. The summed E-state index contributed by atoms with van der Waals surface area (Å²) in [6.45, 7) is 0. The third-order valence-corrected chi connectivity index (χ3v) is 12.4. The minimum absolute atomic E-state index is 0.292. The quantitative estimate of drug-likeness (QED) is 0.656. The molecule has 1 heterocycles. The molecule has 1 saturated heterocycles. The van der Waals surface area contributed by atoms with Crippen LogP contribution in [0.3, 0.4) is 0 Å². The van der Waals surface area contributed by atoms with Gasteiger partial charge in [-0.25, -0.2) is 0 Å². The van der Waals surface area contributed by atoms with E-state index in [9.17, 15) is 4.57 Å². The fraction of sp³-hybridized carbons (Fsp3) is 0.429. The first kappa shape index (κ1) is 17.8. The van der Waals surface area contributed by atoms with Gasteiger partial charge in [-0.2, -0.15) is 0 Å². The zero-order valence-corrected chi connectivity index (χ0v) is 16.9. The van der Waals surface area contributed by atoms with Gasteiger partial charge in [-0.15, -0.1) is 23.5 Å². The van der Waals surface area contributed by atoms with Crippen molar-refractivity contribution in [2.24, 2.45) is 5.92 Å². The number of thioether (sulfide) groups is 2. The molecule has 1 aliphatic heterocycles. The molecule has 132 valence electrons. The highest BCUT2D eigenvalue weighted by Crippen LogP contribution is 2.59. The van der Waals surface area contributed by atoms with Crippen molar-refractivity contribution in [2.75, 3.05) is 11.5 Å². The first-order valence-electron chi connectivity index (χ1n) is 9.24. The monoisotopic (exact) mass is 388 g/mol. The van der Waals surface area contributed by atoms with Crippen molar-refractivity contribution in [1.29, 1.82) is 0 Å². The Morgan fingerprint density at radius 3 is 1.88 bits per heavy atom. The molecule has 2 atom stereocenters. The lowest BCUT2D eigenvalue weighted by Crippen LogP contribution is -2.33. The summed E-state index contributed by atoms with van der Waals surface area (Å²) in [4.78, 5) is 0. The zero-order chi connectivity index (χ0) is 17.1. The Balaban J connectivity index is 1.77. The first-order valence-corrected chi connectivity index (χ1v) is 13.1. The SMILES string of the molecule is O=P(c1ccccc1)(c1ccccc1)[C@@H]1CCC[C@H]1C1SCCCS1. The van der Waals surface area contributed by atoms with Gasteiger partial charge in [0.2, 0.25) is 0 Å². The highest BCUT2D eigenvalue weighted by Gasteiger charge is 2.46. The van der Waals surface area contributed by atoms with Gasteiger partial charge >= 0.3 is 0 Å². The van der Waals surface area contributed by atoms with Gasteiger partial charge in [0.15, 0.2) is 0 Å². The normalized spacial score (nSPS) is 25.1. The molecule has 25 heavy (non-hydrogen) atoms. The molecule has 0 aromatic heterocycles.